The third kappa shape index (κ3) is 4.20. The number of pyridine rings is 1. The molecule has 0 aliphatic heterocycles. The zero-order chi connectivity index (χ0) is 15.1. The van der Waals surface area contributed by atoms with Gasteiger partial charge in [-0.2, -0.15) is 0 Å². The summed E-state index contributed by atoms with van der Waals surface area (Å²) in [6.07, 6.45) is 2.39. The minimum absolute atomic E-state index is 0.181. The first-order chi connectivity index (χ1) is 10.2. The maximum Gasteiger partial charge on any atom is 0.162 e. The van der Waals surface area contributed by atoms with Crippen LogP contribution in [0.2, 0.25) is 0 Å². The van der Waals surface area contributed by atoms with E-state index in [1.165, 1.54) is 0 Å². The lowest BCUT2D eigenvalue weighted by atomic mass is 10.1. The highest BCUT2D eigenvalue weighted by molar-refractivity contribution is 5.40. The molecule has 0 saturated heterocycles. The number of rotatable bonds is 7. The SMILES string of the molecule is CCCOc1ccccc1OC(c1ccccn1)C(C)N. The smallest absolute Gasteiger partial charge is 0.162 e. The Kier molecular flexibility index (Phi) is 5.58. The van der Waals surface area contributed by atoms with E-state index in [1.54, 1.807) is 6.20 Å². The van der Waals surface area contributed by atoms with Crippen LogP contribution in [0.3, 0.4) is 0 Å². The van der Waals surface area contributed by atoms with Gasteiger partial charge >= 0.3 is 0 Å². The van der Waals surface area contributed by atoms with Gasteiger partial charge in [0.05, 0.1) is 12.3 Å². The largest absolute Gasteiger partial charge is 0.490 e. The Balaban J connectivity index is 2.21. The number of benzene rings is 1. The number of hydrogen-bond acceptors (Lipinski definition) is 4. The second kappa shape index (κ2) is 7.64. The zero-order valence-corrected chi connectivity index (χ0v) is 12.5. The maximum absolute atomic E-state index is 6.08. The van der Waals surface area contributed by atoms with Crippen molar-refractivity contribution in [3.63, 3.8) is 0 Å². The molecule has 2 N–H and O–H groups in total. The van der Waals surface area contributed by atoms with Gasteiger partial charge in [0.2, 0.25) is 0 Å². The zero-order valence-electron chi connectivity index (χ0n) is 12.5. The number of nitrogens with zero attached hydrogens (tertiary/aromatic N) is 1. The van der Waals surface area contributed by atoms with Crippen LogP contribution in [0.15, 0.2) is 48.7 Å². The minimum atomic E-state index is -0.308. The average Bonchev–Trinajstić information content (AvgIpc) is 2.52. The molecule has 2 rings (SSSR count). The van der Waals surface area contributed by atoms with Crippen LogP contribution in [0.25, 0.3) is 0 Å². The van der Waals surface area contributed by atoms with E-state index in [0.29, 0.717) is 12.4 Å². The molecule has 2 atom stereocenters. The summed E-state index contributed by atoms with van der Waals surface area (Å²) in [5.41, 5.74) is 6.88. The van der Waals surface area contributed by atoms with Crippen molar-refractivity contribution in [3.8, 4) is 11.5 Å². The summed E-state index contributed by atoms with van der Waals surface area (Å²) in [5.74, 6) is 1.43. The van der Waals surface area contributed by atoms with Crippen molar-refractivity contribution in [1.82, 2.24) is 4.98 Å². The van der Waals surface area contributed by atoms with Crippen molar-refractivity contribution in [2.24, 2.45) is 5.73 Å². The Morgan fingerprint density at radius 3 is 2.43 bits per heavy atom. The summed E-state index contributed by atoms with van der Waals surface area (Å²) in [6.45, 7) is 4.64. The lowest BCUT2D eigenvalue weighted by Crippen LogP contribution is -2.29. The molecular formula is C17H22N2O2. The monoisotopic (exact) mass is 286 g/mol. The molecule has 2 aromatic rings. The quantitative estimate of drug-likeness (QED) is 0.848. The molecule has 0 bridgehead atoms. The van der Waals surface area contributed by atoms with E-state index in [4.69, 9.17) is 15.2 Å². The summed E-state index contributed by atoms with van der Waals surface area (Å²) in [7, 11) is 0. The van der Waals surface area contributed by atoms with Crippen LogP contribution < -0.4 is 15.2 Å². The van der Waals surface area contributed by atoms with Gasteiger partial charge in [0.15, 0.2) is 17.6 Å². The summed E-state index contributed by atoms with van der Waals surface area (Å²) in [4.78, 5) is 4.34. The topological polar surface area (TPSA) is 57.4 Å². The summed E-state index contributed by atoms with van der Waals surface area (Å²) >= 11 is 0. The van der Waals surface area contributed by atoms with Gasteiger partial charge < -0.3 is 15.2 Å². The first kappa shape index (κ1) is 15.3. The van der Waals surface area contributed by atoms with Crippen molar-refractivity contribution in [2.75, 3.05) is 6.61 Å². The van der Waals surface area contributed by atoms with E-state index in [9.17, 15) is 0 Å². The highest BCUT2D eigenvalue weighted by Crippen LogP contribution is 2.31. The van der Waals surface area contributed by atoms with Crippen LogP contribution in [-0.2, 0) is 0 Å². The van der Waals surface area contributed by atoms with E-state index in [2.05, 4.69) is 11.9 Å². The van der Waals surface area contributed by atoms with Gasteiger partial charge in [0, 0.05) is 12.2 Å². The van der Waals surface area contributed by atoms with E-state index in [-0.39, 0.29) is 12.1 Å². The second-order valence-corrected chi connectivity index (χ2v) is 4.95. The van der Waals surface area contributed by atoms with Crippen LogP contribution in [0.5, 0.6) is 11.5 Å². The second-order valence-electron chi connectivity index (χ2n) is 4.95. The number of para-hydroxylation sites is 2. The van der Waals surface area contributed by atoms with Gasteiger partial charge in [-0.15, -0.1) is 0 Å². The normalized spacial score (nSPS) is 13.5. The van der Waals surface area contributed by atoms with E-state index in [1.807, 2.05) is 49.4 Å². The van der Waals surface area contributed by atoms with Crippen LogP contribution in [0, 0.1) is 0 Å². The third-order valence-electron chi connectivity index (χ3n) is 3.02. The molecule has 0 spiro atoms. The molecule has 0 aliphatic rings. The molecule has 0 fully saturated rings. The van der Waals surface area contributed by atoms with Crippen molar-refractivity contribution < 1.29 is 9.47 Å². The van der Waals surface area contributed by atoms with Crippen molar-refractivity contribution in [2.45, 2.75) is 32.4 Å². The van der Waals surface area contributed by atoms with Crippen LogP contribution in [0.4, 0.5) is 0 Å². The molecular weight excluding hydrogens is 264 g/mol. The Bertz CT molecular complexity index is 543. The lowest BCUT2D eigenvalue weighted by Gasteiger charge is -2.23. The Morgan fingerprint density at radius 1 is 1.10 bits per heavy atom. The summed E-state index contributed by atoms with van der Waals surface area (Å²) < 4.78 is 11.8. The molecule has 0 amide bonds. The lowest BCUT2D eigenvalue weighted by molar-refractivity contribution is 0.165. The number of ether oxygens (including phenoxy) is 2. The summed E-state index contributed by atoms with van der Waals surface area (Å²) in [6, 6.07) is 13.2. The van der Waals surface area contributed by atoms with Crippen molar-refractivity contribution in [3.05, 3.63) is 54.4 Å². The van der Waals surface area contributed by atoms with Gasteiger partial charge in [0.1, 0.15) is 0 Å². The molecule has 0 saturated carbocycles. The van der Waals surface area contributed by atoms with Gasteiger partial charge in [-0.25, -0.2) is 0 Å². The Morgan fingerprint density at radius 2 is 1.81 bits per heavy atom. The van der Waals surface area contributed by atoms with E-state index in [0.717, 1.165) is 17.9 Å². The molecule has 2 unspecified atom stereocenters. The maximum atomic E-state index is 6.08. The molecule has 0 radical (unpaired) electrons. The summed E-state index contributed by atoms with van der Waals surface area (Å²) in [5, 5.41) is 0. The number of aromatic nitrogens is 1. The van der Waals surface area contributed by atoms with Crippen LogP contribution in [-0.4, -0.2) is 17.6 Å². The predicted octanol–water partition coefficient (Wildman–Crippen LogP) is 3.34. The van der Waals surface area contributed by atoms with Gasteiger partial charge in [-0.3, -0.25) is 4.98 Å². The standard InChI is InChI=1S/C17H22N2O2/c1-3-12-20-15-9-4-5-10-16(15)21-17(13(2)18)14-8-6-7-11-19-14/h4-11,13,17H,3,12,18H2,1-2H3. The predicted molar refractivity (Wildman–Crippen MR) is 83.5 cm³/mol. The van der Waals surface area contributed by atoms with E-state index >= 15 is 0 Å². The molecule has 1 aromatic carbocycles. The van der Waals surface area contributed by atoms with Crippen molar-refractivity contribution >= 4 is 0 Å². The third-order valence-corrected chi connectivity index (χ3v) is 3.02. The highest BCUT2D eigenvalue weighted by Gasteiger charge is 2.21. The number of hydrogen-bond donors (Lipinski definition) is 1. The fraction of sp³-hybridized carbons (Fsp3) is 0.353. The molecule has 1 heterocycles. The van der Waals surface area contributed by atoms with E-state index < -0.39 is 0 Å². The Labute approximate surface area is 125 Å². The molecule has 21 heavy (non-hydrogen) atoms. The average molecular weight is 286 g/mol. The fourth-order valence-electron chi connectivity index (χ4n) is 2.00. The van der Waals surface area contributed by atoms with Crippen LogP contribution in [0.1, 0.15) is 32.1 Å². The molecule has 112 valence electrons. The van der Waals surface area contributed by atoms with Crippen molar-refractivity contribution in [1.29, 1.82) is 0 Å². The van der Waals surface area contributed by atoms with Crippen LogP contribution >= 0.6 is 0 Å². The number of nitrogens with two attached hydrogens (primary N) is 1. The van der Waals surface area contributed by atoms with Gasteiger partial charge in [0.25, 0.3) is 0 Å². The minimum Gasteiger partial charge on any atom is -0.490 e. The highest BCUT2D eigenvalue weighted by atomic mass is 16.5. The molecule has 0 aliphatic carbocycles. The first-order valence-electron chi connectivity index (χ1n) is 7.27. The first-order valence-corrected chi connectivity index (χ1v) is 7.27. The Hall–Kier alpha value is -2.07. The molecule has 1 aromatic heterocycles. The van der Waals surface area contributed by atoms with Gasteiger partial charge in [-0.1, -0.05) is 25.1 Å². The molecule has 4 nitrogen and oxygen atoms in total. The van der Waals surface area contributed by atoms with Gasteiger partial charge in [-0.05, 0) is 37.6 Å². The molecule has 4 heteroatoms. The fourth-order valence-corrected chi connectivity index (χ4v) is 2.00.